The average molecular weight is 319 g/mol. The molecule has 0 atom stereocenters. The van der Waals surface area contributed by atoms with Crippen LogP contribution in [0.3, 0.4) is 0 Å². The van der Waals surface area contributed by atoms with E-state index in [-0.39, 0.29) is 10.8 Å². The zero-order chi connectivity index (χ0) is 15.3. The summed E-state index contributed by atoms with van der Waals surface area (Å²) in [7, 11) is -10.2. The smallest absolute Gasteiger partial charge is 0.299 e. The van der Waals surface area contributed by atoms with Crippen LogP contribution in [-0.4, -0.2) is 31.0 Å². The van der Waals surface area contributed by atoms with E-state index in [1.807, 2.05) is 0 Å². The zero-order valence-electron chi connectivity index (χ0n) is 9.68. The first-order chi connectivity index (χ1) is 9.05. The van der Waals surface area contributed by atoms with E-state index in [9.17, 15) is 26.5 Å². The van der Waals surface area contributed by atoms with Crippen molar-refractivity contribution in [1.82, 2.24) is 0 Å². The molecule has 2 rings (SSSR count). The molecule has 2 aromatic carbocycles. The van der Waals surface area contributed by atoms with E-state index in [1.165, 1.54) is 24.3 Å². The Morgan fingerprint density at radius 3 is 1.75 bits per heavy atom. The van der Waals surface area contributed by atoms with Crippen LogP contribution in [0, 0.1) is 0 Å². The molecule has 0 saturated carbocycles. The Hall–Kier alpha value is -1.88. The van der Waals surface area contributed by atoms with Gasteiger partial charge in [0.15, 0.2) is 10.6 Å². The molecule has 0 aliphatic rings. The Labute approximate surface area is 114 Å². The molecule has 0 fully saturated rings. The summed E-state index contributed by atoms with van der Waals surface area (Å²) in [5.74, 6) is -1.14. The molecule has 0 bridgehead atoms. The maximum absolute atomic E-state index is 11.4. The van der Waals surface area contributed by atoms with E-state index < -0.39 is 41.5 Å². The fourth-order valence-electron chi connectivity index (χ4n) is 1.89. The van der Waals surface area contributed by atoms with Crippen LogP contribution in [0.1, 0.15) is 0 Å². The molecule has 2 aromatic rings. The molecule has 0 aliphatic heterocycles. The van der Waals surface area contributed by atoms with Crippen molar-refractivity contribution in [2.75, 3.05) is 5.73 Å². The third-order valence-electron chi connectivity index (χ3n) is 2.65. The molecule has 20 heavy (non-hydrogen) atoms. The Balaban J connectivity index is 3.27. The average Bonchev–Trinajstić information content (AvgIpc) is 2.30. The summed E-state index contributed by atoms with van der Waals surface area (Å²) in [5, 5.41) is 9.52. The van der Waals surface area contributed by atoms with Gasteiger partial charge in [-0.25, -0.2) is 0 Å². The minimum Gasteiger partial charge on any atom is -0.504 e. The van der Waals surface area contributed by atoms with E-state index in [4.69, 9.17) is 10.3 Å². The first-order valence-corrected chi connectivity index (χ1v) is 7.91. The van der Waals surface area contributed by atoms with Gasteiger partial charge in [0.05, 0.1) is 5.69 Å². The van der Waals surface area contributed by atoms with E-state index in [1.54, 1.807) is 0 Å². The maximum Gasteiger partial charge on any atom is 0.299 e. The molecule has 108 valence electrons. The Morgan fingerprint density at radius 2 is 1.30 bits per heavy atom. The number of aromatic hydroxyl groups is 1. The van der Waals surface area contributed by atoms with Gasteiger partial charge in [-0.1, -0.05) is 24.3 Å². The van der Waals surface area contributed by atoms with Crippen molar-refractivity contribution < 1.29 is 31.0 Å². The minimum atomic E-state index is -5.13. The van der Waals surface area contributed by atoms with Crippen LogP contribution in [0.5, 0.6) is 5.75 Å². The highest BCUT2D eigenvalue weighted by atomic mass is 32.2. The molecule has 0 radical (unpaired) electrons. The van der Waals surface area contributed by atoms with Crippen LogP contribution in [0.2, 0.25) is 0 Å². The molecule has 0 amide bonds. The van der Waals surface area contributed by atoms with E-state index in [0.717, 1.165) is 0 Å². The van der Waals surface area contributed by atoms with Crippen molar-refractivity contribution in [3.05, 3.63) is 24.3 Å². The molecule has 0 saturated heterocycles. The van der Waals surface area contributed by atoms with E-state index in [0.29, 0.717) is 0 Å². The molecular formula is C10H9NO7S2. The summed E-state index contributed by atoms with van der Waals surface area (Å²) in [6, 6.07) is 5.36. The quantitative estimate of drug-likeness (QED) is 0.356. The molecule has 10 heteroatoms. The van der Waals surface area contributed by atoms with Crippen molar-refractivity contribution in [3.63, 3.8) is 0 Å². The Bertz CT molecular complexity index is 916. The number of nitrogen functional groups attached to an aromatic ring is 1. The van der Waals surface area contributed by atoms with Crippen LogP contribution in [0.25, 0.3) is 10.8 Å². The predicted octanol–water partition coefficient (Wildman–Crippen LogP) is 0.621. The standard InChI is InChI=1S/C10H9NO7S2/c11-7-5-3-1-2-4-6(5)9(19(13,14)15)10(8(7)12)20(16,17)18/h1-4,12H,11H2,(H,13,14,15)(H,16,17,18). The summed E-state index contributed by atoms with van der Waals surface area (Å²) in [6.45, 7) is 0. The summed E-state index contributed by atoms with van der Waals surface area (Å²) in [5.41, 5.74) is 5.10. The normalized spacial score (nSPS) is 12.7. The highest BCUT2D eigenvalue weighted by Crippen LogP contribution is 2.41. The lowest BCUT2D eigenvalue weighted by atomic mass is 10.1. The predicted molar refractivity (Wildman–Crippen MR) is 69.7 cm³/mol. The highest BCUT2D eigenvalue weighted by Gasteiger charge is 2.32. The van der Waals surface area contributed by atoms with Crippen molar-refractivity contribution in [2.45, 2.75) is 9.79 Å². The Morgan fingerprint density at radius 1 is 0.850 bits per heavy atom. The lowest BCUT2D eigenvalue weighted by Crippen LogP contribution is -2.11. The molecule has 0 aromatic heterocycles. The molecule has 0 aliphatic carbocycles. The second-order valence-corrected chi connectivity index (χ2v) is 6.63. The molecule has 8 nitrogen and oxygen atoms in total. The van der Waals surface area contributed by atoms with Gasteiger partial charge >= 0.3 is 0 Å². The number of hydrogen-bond donors (Lipinski definition) is 4. The van der Waals surface area contributed by atoms with Crippen molar-refractivity contribution >= 4 is 36.7 Å². The number of nitrogens with two attached hydrogens (primary N) is 1. The number of phenolic OH excluding ortho intramolecular Hbond substituents is 1. The number of phenols is 1. The van der Waals surface area contributed by atoms with Gasteiger partial charge in [0.2, 0.25) is 0 Å². The zero-order valence-corrected chi connectivity index (χ0v) is 11.3. The number of benzene rings is 2. The van der Waals surface area contributed by atoms with Gasteiger partial charge in [0.25, 0.3) is 20.2 Å². The lowest BCUT2D eigenvalue weighted by Gasteiger charge is -2.13. The van der Waals surface area contributed by atoms with Crippen LogP contribution < -0.4 is 5.73 Å². The first-order valence-electron chi connectivity index (χ1n) is 5.03. The first kappa shape index (κ1) is 14.5. The number of fused-ring (bicyclic) bond motifs is 1. The third-order valence-corrected chi connectivity index (χ3v) is 4.64. The highest BCUT2D eigenvalue weighted by molar-refractivity contribution is 7.89. The van der Waals surface area contributed by atoms with Crippen molar-refractivity contribution in [1.29, 1.82) is 0 Å². The second kappa shape index (κ2) is 4.31. The van der Waals surface area contributed by atoms with Gasteiger partial charge in [-0.3, -0.25) is 9.11 Å². The third kappa shape index (κ3) is 2.18. The van der Waals surface area contributed by atoms with E-state index in [2.05, 4.69) is 0 Å². The summed E-state index contributed by atoms with van der Waals surface area (Å²) in [6.07, 6.45) is 0. The van der Waals surface area contributed by atoms with E-state index >= 15 is 0 Å². The van der Waals surface area contributed by atoms with Gasteiger partial charge in [0.1, 0.15) is 4.90 Å². The van der Waals surface area contributed by atoms with Gasteiger partial charge < -0.3 is 10.8 Å². The van der Waals surface area contributed by atoms with Crippen LogP contribution in [0.4, 0.5) is 5.69 Å². The van der Waals surface area contributed by atoms with Crippen molar-refractivity contribution in [2.24, 2.45) is 0 Å². The number of anilines is 1. The van der Waals surface area contributed by atoms with Gasteiger partial charge in [-0.05, 0) is 0 Å². The van der Waals surface area contributed by atoms with Gasteiger partial charge in [-0.2, -0.15) is 16.8 Å². The molecule has 5 N–H and O–H groups in total. The lowest BCUT2D eigenvalue weighted by molar-refractivity contribution is 0.434. The monoisotopic (exact) mass is 319 g/mol. The Kier molecular flexibility index (Phi) is 3.13. The van der Waals surface area contributed by atoms with Gasteiger partial charge in [0, 0.05) is 10.8 Å². The van der Waals surface area contributed by atoms with Gasteiger partial charge in [-0.15, -0.1) is 0 Å². The summed E-state index contributed by atoms with van der Waals surface area (Å²) >= 11 is 0. The maximum atomic E-state index is 11.4. The van der Waals surface area contributed by atoms with Crippen LogP contribution >= 0.6 is 0 Å². The summed E-state index contributed by atoms with van der Waals surface area (Å²) in [4.78, 5) is -2.47. The number of hydrogen-bond acceptors (Lipinski definition) is 6. The molecular weight excluding hydrogens is 310 g/mol. The minimum absolute atomic E-state index is 0.0185. The van der Waals surface area contributed by atoms with Crippen molar-refractivity contribution in [3.8, 4) is 5.75 Å². The number of rotatable bonds is 2. The van der Waals surface area contributed by atoms with Crippen LogP contribution in [0.15, 0.2) is 34.1 Å². The summed E-state index contributed by atoms with van der Waals surface area (Å²) < 4.78 is 63.6. The fraction of sp³-hybridized carbons (Fsp3) is 0. The topological polar surface area (TPSA) is 155 Å². The second-order valence-electron chi connectivity index (χ2n) is 3.92. The fourth-order valence-corrected chi connectivity index (χ4v) is 4.01. The SMILES string of the molecule is Nc1c(O)c(S(=O)(=O)O)c(S(=O)(=O)O)c2ccccc12. The molecule has 0 spiro atoms. The largest absolute Gasteiger partial charge is 0.504 e. The molecule has 0 unspecified atom stereocenters. The van der Waals surface area contributed by atoms with Crippen LogP contribution in [-0.2, 0) is 20.2 Å². The molecule has 0 heterocycles.